The Morgan fingerprint density at radius 3 is 3.00 bits per heavy atom. The van der Waals surface area contributed by atoms with Crippen molar-refractivity contribution in [1.29, 1.82) is 0 Å². The molecule has 0 saturated carbocycles. The fourth-order valence-electron chi connectivity index (χ4n) is 2.51. The number of hydrogen-bond donors (Lipinski definition) is 1. The van der Waals surface area contributed by atoms with E-state index in [0.29, 0.717) is 0 Å². The predicted molar refractivity (Wildman–Crippen MR) is 77.9 cm³/mol. The van der Waals surface area contributed by atoms with Crippen molar-refractivity contribution in [3.8, 4) is 0 Å². The summed E-state index contributed by atoms with van der Waals surface area (Å²) in [7, 11) is 1.72. The van der Waals surface area contributed by atoms with E-state index in [4.69, 9.17) is 22.1 Å². The molecule has 100 valence electrons. The van der Waals surface area contributed by atoms with Crippen molar-refractivity contribution in [2.24, 2.45) is 5.73 Å². The third-order valence-corrected chi connectivity index (χ3v) is 4.23. The zero-order chi connectivity index (χ0) is 13.1. The summed E-state index contributed by atoms with van der Waals surface area (Å²) in [6, 6.07) is 6.33. The van der Waals surface area contributed by atoms with E-state index in [1.807, 2.05) is 12.1 Å². The number of rotatable bonds is 4. The van der Waals surface area contributed by atoms with Gasteiger partial charge in [0, 0.05) is 35.7 Å². The van der Waals surface area contributed by atoms with Crippen molar-refractivity contribution in [2.75, 3.05) is 26.8 Å². The average Bonchev–Trinajstić information content (AvgIpc) is 2.68. The normalized spacial score (nSPS) is 24.7. The smallest absolute Gasteiger partial charge is 0.0589 e. The first-order valence-corrected chi connectivity index (χ1v) is 7.24. The zero-order valence-corrected chi connectivity index (χ0v) is 12.7. The Balaban J connectivity index is 2.22. The van der Waals surface area contributed by atoms with Crippen molar-refractivity contribution in [3.63, 3.8) is 0 Å². The van der Waals surface area contributed by atoms with E-state index in [1.165, 1.54) is 0 Å². The van der Waals surface area contributed by atoms with Gasteiger partial charge < -0.3 is 10.5 Å². The molecule has 2 unspecified atom stereocenters. The molecule has 1 aromatic rings. The number of likely N-dealkylation sites (tertiary alicyclic amines) is 1. The fraction of sp³-hybridized carbons (Fsp3) is 0.538. The Hall–Kier alpha value is -0.130. The molecule has 1 aliphatic heterocycles. The van der Waals surface area contributed by atoms with Crippen LogP contribution in [0.1, 0.15) is 18.0 Å². The first-order chi connectivity index (χ1) is 8.63. The van der Waals surface area contributed by atoms with Crippen molar-refractivity contribution >= 4 is 27.5 Å². The second-order valence-electron chi connectivity index (χ2n) is 4.59. The number of ether oxygens (including phenoxy) is 1. The zero-order valence-electron chi connectivity index (χ0n) is 10.4. The lowest BCUT2D eigenvalue weighted by atomic mass is 10.0. The summed E-state index contributed by atoms with van der Waals surface area (Å²) in [5.74, 6) is 0. The molecule has 0 radical (unpaired) electrons. The number of hydrogen-bond acceptors (Lipinski definition) is 3. The molecule has 1 saturated heterocycles. The van der Waals surface area contributed by atoms with Crippen molar-refractivity contribution in [2.45, 2.75) is 18.5 Å². The monoisotopic (exact) mass is 332 g/mol. The number of halogens is 2. The number of benzene rings is 1. The van der Waals surface area contributed by atoms with Gasteiger partial charge >= 0.3 is 0 Å². The molecule has 0 amide bonds. The fourth-order valence-corrected chi connectivity index (χ4v) is 3.30. The molecular formula is C13H18BrClN2O. The quantitative estimate of drug-likeness (QED) is 0.921. The lowest BCUT2D eigenvalue weighted by molar-refractivity contribution is 0.139. The summed E-state index contributed by atoms with van der Waals surface area (Å²) in [6.07, 6.45) is 1.00. The van der Waals surface area contributed by atoms with E-state index in [1.54, 1.807) is 7.11 Å². The lowest BCUT2D eigenvalue weighted by Gasteiger charge is -2.27. The van der Waals surface area contributed by atoms with Crippen LogP contribution in [0.15, 0.2) is 22.7 Å². The molecule has 5 heteroatoms. The van der Waals surface area contributed by atoms with E-state index in [0.717, 1.165) is 41.2 Å². The van der Waals surface area contributed by atoms with Gasteiger partial charge in [-0.1, -0.05) is 33.6 Å². The molecule has 18 heavy (non-hydrogen) atoms. The molecule has 1 heterocycles. The van der Waals surface area contributed by atoms with Crippen molar-refractivity contribution in [1.82, 2.24) is 4.90 Å². The summed E-state index contributed by atoms with van der Waals surface area (Å²) in [5, 5.41) is 0.772. The van der Waals surface area contributed by atoms with Gasteiger partial charge in [0.1, 0.15) is 0 Å². The van der Waals surface area contributed by atoms with Crippen LogP contribution >= 0.6 is 27.5 Å². The molecule has 0 aromatic heterocycles. The minimum Gasteiger partial charge on any atom is -0.383 e. The Morgan fingerprint density at radius 2 is 2.33 bits per heavy atom. The second-order valence-corrected chi connectivity index (χ2v) is 5.91. The summed E-state index contributed by atoms with van der Waals surface area (Å²) in [4.78, 5) is 2.35. The summed E-state index contributed by atoms with van der Waals surface area (Å²) in [5.41, 5.74) is 7.34. The van der Waals surface area contributed by atoms with Crippen LogP contribution in [-0.4, -0.2) is 37.7 Å². The molecule has 2 atom stereocenters. The lowest BCUT2D eigenvalue weighted by Crippen LogP contribution is -2.33. The molecule has 1 aromatic carbocycles. The molecule has 2 N–H and O–H groups in total. The first kappa shape index (κ1) is 14.3. The Labute approximate surface area is 121 Å². The molecular weight excluding hydrogens is 316 g/mol. The van der Waals surface area contributed by atoms with Gasteiger partial charge in [0.15, 0.2) is 0 Å². The standard InChI is InChI=1S/C13H18BrClN2O/c1-18-7-6-17-5-4-12(16)13(17)10-3-2-9(14)8-11(10)15/h2-3,8,12-13H,4-7,16H2,1H3. The van der Waals surface area contributed by atoms with Crippen LogP contribution in [0, 0.1) is 0 Å². The topological polar surface area (TPSA) is 38.5 Å². The molecule has 1 fully saturated rings. The molecule has 0 bridgehead atoms. The summed E-state index contributed by atoms with van der Waals surface area (Å²) < 4.78 is 6.14. The van der Waals surface area contributed by atoms with E-state index in [2.05, 4.69) is 26.9 Å². The van der Waals surface area contributed by atoms with Crippen LogP contribution < -0.4 is 5.73 Å². The van der Waals surface area contributed by atoms with Gasteiger partial charge in [0.05, 0.1) is 12.6 Å². The van der Waals surface area contributed by atoms with Gasteiger partial charge in [0.25, 0.3) is 0 Å². The first-order valence-electron chi connectivity index (χ1n) is 6.07. The highest BCUT2D eigenvalue weighted by atomic mass is 79.9. The van der Waals surface area contributed by atoms with Crippen LogP contribution in [0.3, 0.4) is 0 Å². The van der Waals surface area contributed by atoms with Crippen LogP contribution in [0.25, 0.3) is 0 Å². The minimum absolute atomic E-state index is 0.139. The van der Waals surface area contributed by atoms with Crippen molar-refractivity contribution in [3.05, 3.63) is 33.3 Å². The van der Waals surface area contributed by atoms with E-state index < -0.39 is 0 Å². The Morgan fingerprint density at radius 1 is 1.56 bits per heavy atom. The molecule has 2 rings (SSSR count). The van der Waals surface area contributed by atoms with Gasteiger partial charge in [-0.25, -0.2) is 0 Å². The largest absolute Gasteiger partial charge is 0.383 e. The van der Waals surface area contributed by atoms with Crippen molar-refractivity contribution < 1.29 is 4.74 Å². The molecule has 0 aliphatic carbocycles. The van der Waals surface area contributed by atoms with E-state index >= 15 is 0 Å². The maximum absolute atomic E-state index is 6.33. The number of nitrogens with two attached hydrogens (primary N) is 1. The van der Waals surface area contributed by atoms with E-state index in [-0.39, 0.29) is 12.1 Å². The highest BCUT2D eigenvalue weighted by molar-refractivity contribution is 9.10. The van der Waals surface area contributed by atoms with E-state index in [9.17, 15) is 0 Å². The third-order valence-electron chi connectivity index (χ3n) is 3.41. The minimum atomic E-state index is 0.139. The Bertz CT molecular complexity index is 416. The Kier molecular flexibility index (Phi) is 5.04. The maximum atomic E-state index is 6.33. The average molecular weight is 334 g/mol. The van der Waals surface area contributed by atoms with Gasteiger partial charge in [-0.05, 0) is 24.1 Å². The van der Waals surface area contributed by atoms with Gasteiger partial charge in [-0.15, -0.1) is 0 Å². The van der Waals surface area contributed by atoms with Crippen LogP contribution in [0.2, 0.25) is 5.02 Å². The SMILES string of the molecule is COCCN1CCC(N)C1c1ccc(Br)cc1Cl. The third kappa shape index (κ3) is 3.06. The van der Waals surface area contributed by atoms with Crippen LogP contribution in [0.4, 0.5) is 0 Å². The highest BCUT2D eigenvalue weighted by Crippen LogP contribution is 2.36. The number of methoxy groups -OCH3 is 1. The second kappa shape index (κ2) is 6.35. The van der Waals surface area contributed by atoms with Crippen LogP contribution in [-0.2, 0) is 4.74 Å². The van der Waals surface area contributed by atoms with Gasteiger partial charge in [-0.2, -0.15) is 0 Å². The molecule has 1 aliphatic rings. The molecule has 0 spiro atoms. The van der Waals surface area contributed by atoms with Crippen LogP contribution in [0.5, 0.6) is 0 Å². The van der Waals surface area contributed by atoms with Gasteiger partial charge in [0.2, 0.25) is 0 Å². The van der Waals surface area contributed by atoms with Gasteiger partial charge in [-0.3, -0.25) is 4.90 Å². The molecule has 3 nitrogen and oxygen atoms in total. The summed E-state index contributed by atoms with van der Waals surface area (Å²) in [6.45, 7) is 2.61. The summed E-state index contributed by atoms with van der Waals surface area (Å²) >= 11 is 9.76. The maximum Gasteiger partial charge on any atom is 0.0589 e. The number of nitrogens with zero attached hydrogens (tertiary/aromatic N) is 1. The predicted octanol–water partition coefficient (Wildman–Crippen LogP) is 2.82. The highest BCUT2D eigenvalue weighted by Gasteiger charge is 2.33.